The Hall–Kier alpha value is -2.33. The molecule has 0 aliphatic heterocycles. The lowest BCUT2D eigenvalue weighted by molar-refractivity contribution is 0.0429. The summed E-state index contributed by atoms with van der Waals surface area (Å²) in [5.41, 5.74) is -1.10. The molecule has 8 heteroatoms. The number of amides is 2. The Morgan fingerprint density at radius 1 is 1.16 bits per heavy atom. The molecule has 0 saturated heterocycles. The van der Waals surface area contributed by atoms with E-state index in [0.717, 1.165) is 0 Å². The largest absolute Gasteiger partial charge is 0.443 e. The highest BCUT2D eigenvalue weighted by Gasteiger charge is 2.34. The number of ether oxygens (including phenoxy) is 2. The summed E-state index contributed by atoms with van der Waals surface area (Å²) in [4.78, 5) is 29.7. The van der Waals surface area contributed by atoms with Crippen molar-refractivity contribution in [2.45, 2.75) is 59.2 Å². The topological polar surface area (TPSA) is 92.5 Å². The van der Waals surface area contributed by atoms with E-state index in [1.165, 1.54) is 12.3 Å². The van der Waals surface area contributed by atoms with Gasteiger partial charge in [-0.25, -0.2) is 14.6 Å². The van der Waals surface area contributed by atoms with Gasteiger partial charge in [0, 0.05) is 6.20 Å². The van der Waals surface area contributed by atoms with Crippen LogP contribution in [0.15, 0.2) is 12.3 Å². The number of nitrogens with zero attached hydrogens (tertiary/aromatic N) is 3. The van der Waals surface area contributed by atoms with Gasteiger partial charge in [0.2, 0.25) is 0 Å². The molecule has 0 radical (unpaired) electrons. The summed E-state index contributed by atoms with van der Waals surface area (Å²) < 4.78 is 10.5. The number of carbonyl (C=O) groups is 2. The van der Waals surface area contributed by atoms with E-state index in [2.05, 4.69) is 4.98 Å². The Labute approximate surface area is 152 Å². The van der Waals surface area contributed by atoms with Gasteiger partial charge in [-0.2, -0.15) is 10.2 Å². The number of rotatable bonds is 2. The predicted molar refractivity (Wildman–Crippen MR) is 93.5 cm³/mol. The summed E-state index contributed by atoms with van der Waals surface area (Å²) in [5.74, 6) is -0.119. The van der Waals surface area contributed by atoms with Crippen molar-refractivity contribution in [3.05, 3.63) is 22.8 Å². The van der Waals surface area contributed by atoms with E-state index in [-0.39, 0.29) is 17.3 Å². The minimum Gasteiger partial charge on any atom is -0.443 e. The van der Waals surface area contributed by atoms with Gasteiger partial charge in [0.1, 0.15) is 11.2 Å². The molecule has 0 fully saturated rings. The number of aromatic nitrogens is 1. The van der Waals surface area contributed by atoms with E-state index in [1.54, 1.807) is 41.5 Å². The molecule has 0 saturated carbocycles. The summed E-state index contributed by atoms with van der Waals surface area (Å²) in [6.45, 7) is 10.0. The highest BCUT2D eigenvalue weighted by molar-refractivity contribution is 6.34. The van der Waals surface area contributed by atoms with E-state index in [4.69, 9.17) is 26.3 Å². The number of hydrogen-bond donors (Lipinski definition) is 0. The fourth-order valence-electron chi connectivity index (χ4n) is 1.69. The minimum atomic E-state index is -0.954. The van der Waals surface area contributed by atoms with Crippen LogP contribution in [-0.4, -0.2) is 28.4 Å². The van der Waals surface area contributed by atoms with Gasteiger partial charge in [0.15, 0.2) is 5.82 Å². The fourth-order valence-corrected chi connectivity index (χ4v) is 1.96. The quantitative estimate of drug-likeness (QED) is 0.765. The lowest BCUT2D eigenvalue weighted by Crippen LogP contribution is -2.44. The molecule has 1 aromatic heterocycles. The second kappa shape index (κ2) is 7.70. The van der Waals surface area contributed by atoms with E-state index in [9.17, 15) is 9.59 Å². The Kier molecular flexibility index (Phi) is 6.38. The molecule has 0 atom stereocenters. The first-order valence-electron chi connectivity index (χ1n) is 7.61. The van der Waals surface area contributed by atoms with Crippen LogP contribution in [0.3, 0.4) is 0 Å². The van der Waals surface area contributed by atoms with Gasteiger partial charge in [-0.05, 0) is 53.2 Å². The Balaban J connectivity index is 3.29. The molecule has 1 aromatic rings. The number of halogens is 1. The average Bonchev–Trinajstić information content (AvgIpc) is 2.37. The lowest BCUT2D eigenvalue weighted by atomic mass is 10.2. The second-order valence-electron chi connectivity index (χ2n) is 7.28. The molecule has 0 N–H and O–H groups in total. The van der Waals surface area contributed by atoms with Gasteiger partial charge in [-0.15, -0.1) is 0 Å². The van der Waals surface area contributed by atoms with Crippen molar-refractivity contribution >= 4 is 29.6 Å². The first-order valence-corrected chi connectivity index (χ1v) is 7.99. The zero-order valence-corrected chi connectivity index (χ0v) is 16.0. The van der Waals surface area contributed by atoms with Crippen molar-refractivity contribution < 1.29 is 19.1 Å². The standard InChI is InChI=1S/C17H22ClN3O4/c1-16(2,3)24-14(22)21(15(23)25-17(4,5)6)13-12(18)9-11(7-8-19)10-20-13/h9-10H,7H2,1-6H3. The van der Waals surface area contributed by atoms with Crippen LogP contribution in [0.2, 0.25) is 5.02 Å². The van der Waals surface area contributed by atoms with Crippen molar-refractivity contribution in [2.24, 2.45) is 0 Å². The summed E-state index contributed by atoms with van der Waals surface area (Å²) in [6, 6.07) is 3.44. The van der Waals surface area contributed by atoms with E-state index in [1.807, 2.05) is 6.07 Å². The van der Waals surface area contributed by atoms with Crippen LogP contribution in [0.25, 0.3) is 0 Å². The number of pyridine rings is 1. The monoisotopic (exact) mass is 367 g/mol. The first-order chi connectivity index (χ1) is 11.3. The zero-order chi connectivity index (χ0) is 19.4. The molecule has 0 aliphatic rings. The van der Waals surface area contributed by atoms with E-state index < -0.39 is 23.4 Å². The molecule has 25 heavy (non-hydrogen) atoms. The van der Waals surface area contributed by atoms with Crippen LogP contribution in [0.1, 0.15) is 47.1 Å². The van der Waals surface area contributed by atoms with Crippen LogP contribution < -0.4 is 4.90 Å². The number of anilines is 1. The molecule has 1 rings (SSSR count). The second-order valence-corrected chi connectivity index (χ2v) is 7.69. The molecule has 136 valence electrons. The summed E-state index contributed by atoms with van der Waals surface area (Å²) in [7, 11) is 0. The molecule has 0 bridgehead atoms. The summed E-state index contributed by atoms with van der Waals surface area (Å²) in [6.07, 6.45) is -0.439. The molecule has 1 heterocycles. The Bertz CT molecular complexity index is 671. The molecule has 0 unspecified atom stereocenters. The number of hydrogen-bond acceptors (Lipinski definition) is 6. The van der Waals surface area contributed by atoms with Crippen LogP contribution in [0.4, 0.5) is 15.4 Å². The Morgan fingerprint density at radius 3 is 2.00 bits per heavy atom. The highest BCUT2D eigenvalue weighted by Crippen LogP contribution is 2.27. The molecule has 0 aromatic carbocycles. The average molecular weight is 368 g/mol. The maximum atomic E-state index is 12.5. The maximum absolute atomic E-state index is 12.5. The summed E-state index contributed by atoms with van der Waals surface area (Å²) >= 11 is 6.16. The van der Waals surface area contributed by atoms with Crippen LogP contribution >= 0.6 is 11.6 Å². The minimum absolute atomic E-state index is 0.0319. The zero-order valence-electron chi connectivity index (χ0n) is 15.2. The number of imide groups is 1. The highest BCUT2D eigenvalue weighted by atomic mass is 35.5. The van der Waals surface area contributed by atoms with Crippen molar-refractivity contribution in [2.75, 3.05) is 4.90 Å². The third kappa shape index (κ3) is 6.59. The molecular weight excluding hydrogens is 346 g/mol. The van der Waals surface area contributed by atoms with Crippen LogP contribution in [0.5, 0.6) is 0 Å². The Morgan fingerprint density at radius 2 is 1.64 bits per heavy atom. The smallest absolute Gasteiger partial charge is 0.425 e. The summed E-state index contributed by atoms with van der Waals surface area (Å²) in [5, 5.41) is 8.77. The van der Waals surface area contributed by atoms with Gasteiger partial charge >= 0.3 is 12.2 Å². The van der Waals surface area contributed by atoms with Crippen molar-refractivity contribution in [3.8, 4) is 6.07 Å². The van der Waals surface area contributed by atoms with Gasteiger partial charge < -0.3 is 9.47 Å². The third-order valence-corrected chi connectivity index (χ3v) is 2.80. The molecule has 0 aliphatic carbocycles. The third-order valence-electron chi connectivity index (χ3n) is 2.53. The van der Waals surface area contributed by atoms with Gasteiger partial charge in [0.05, 0.1) is 17.5 Å². The predicted octanol–water partition coefficient (Wildman–Crippen LogP) is 4.48. The van der Waals surface area contributed by atoms with Crippen LogP contribution in [-0.2, 0) is 15.9 Å². The number of carbonyl (C=O) groups excluding carboxylic acids is 2. The molecular formula is C17H22ClN3O4. The molecule has 2 amide bonds. The van der Waals surface area contributed by atoms with Crippen molar-refractivity contribution in [1.29, 1.82) is 5.26 Å². The SMILES string of the molecule is CC(C)(C)OC(=O)N(C(=O)OC(C)(C)C)c1ncc(CC#N)cc1Cl. The number of nitriles is 1. The van der Waals surface area contributed by atoms with Gasteiger partial charge in [-0.3, -0.25) is 0 Å². The normalized spacial score (nSPS) is 11.4. The van der Waals surface area contributed by atoms with Gasteiger partial charge in [0.25, 0.3) is 0 Å². The molecule has 7 nitrogen and oxygen atoms in total. The van der Waals surface area contributed by atoms with E-state index >= 15 is 0 Å². The van der Waals surface area contributed by atoms with Crippen LogP contribution in [0, 0.1) is 11.3 Å². The first kappa shape index (κ1) is 20.7. The lowest BCUT2D eigenvalue weighted by Gasteiger charge is -2.28. The van der Waals surface area contributed by atoms with Gasteiger partial charge in [-0.1, -0.05) is 11.6 Å². The maximum Gasteiger partial charge on any atom is 0.425 e. The van der Waals surface area contributed by atoms with Crippen molar-refractivity contribution in [3.63, 3.8) is 0 Å². The van der Waals surface area contributed by atoms with E-state index in [0.29, 0.717) is 10.5 Å². The molecule has 0 spiro atoms. The van der Waals surface area contributed by atoms with Crippen molar-refractivity contribution in [1.82, 2.24) is 4.98 Å². The fraction of sp³-hybridized carbons (Fsp3) is 0.529.